The predicted octanol–water partition coefficient (Wildman–Crippen LogP) is 4.06. The fraction of sp³-hybridized carbons (Fsp3) is 0.455. The lowest BCUT2D eigenvalue weighted by atomic mass is 10.1. The maximum atomic E-state index is 12.1. The molecule has 5 heteroatoms. The molecule has 0 saturated carbocycles. The minimum Gasteiger partial charge on any atom is -0.405 e. The van der Waals surface area contributed by atoms with Crippen LogP contribution in [-0.2, 0) is 6.42 Å². The molecule has 0 fully saturated rings. The summed E-state index contributed by atoms with van der Waals surface area (Å²) in [6.45, 7) is 1.91. The second-order valence-corrected chi connectivity index (χ2v) is 4.43. The highest BCUT2D eigenvalue weighted by molar-refractivity contribution is 6.21. The second kappa shape index (κ2) is 3.84. The van der Waals surface area contributed by atoms with Crippen LogP contribution in [0.4, 0.5) is 13.2 Å². The average Bonchev–Trinajstić information content (AvgIpc) is 2.43. The Morgan fingerprint density at radius 1 is 1.38 bits per heavy atom. The third-order valence-corrected chi connectivity index (χ3v) is 3.38. The van der Waals surface area contributed by atoms with Gasteiger partial charge < -0.3 is 4.74 Å². The Kier molecular flexibility index (Phi) is 2.78. The Balaban J connectivity index is 2.37. The Morgan fingerprint density at radius 2 is 2.06 bits per heavy atom. The maximum absolute atomic E-state index is 12.1. The van der Waals surface area contributed by atoms with Crippen molar-refractivity contribution in [1.29, 1.82) is 0 Å². The van der Waals surface area contributed by atoms with E-state index in [1.165, 1.54) is 12.1 Å². The molecule has 1 nitrogen and oxygen atoms in total. The van der Waals surface area contributed by atoms with Crippen LogP contribution in [0.2, 0.25) is 0 Å². The van der Waals surface area contributed by atoms with Gasteiger partial charge in [0.15, 0.2) is 0 Å². The van der Waals surface area contributed by atoms with Gasteiger partial charge >= 0.3 is 6.36 Å². The quantitative estimate of drug-likeness (QED) is 0.683. The minimum absolute atomic E-state index is 0.125. The molecule has 1 aliphatic carbocycles. The van der Waals surface area contributed by atoms with Crippen molar-refractivity contribution in [3.63, 3.8) is 0 Å². The third-order valence-electron chi connectivity index (χ3n) is 2.72. The molecule has 0 aliphatic heterocycles. The molecule has 0 bridgehead atoms. The predicted molar refractivity (Wildman–Crippen MR) is 54.6 cm³/mol. The first-order valence-electron chi connectivity index (χ1n) is 4.90. The first-order valence-corrected chi connectivity index (χ1v) is 5.34. The fourth-order valence-electron chi connectivity index (χ4n) is 2.01. The number of benzene rings is 1. The van der Waals surface area contributed by atoms with E-state index in [1.54, 1.807) is 6.07 Å². The van der Waals surface area contributed by atoms with Gasteiger partial charge in [-0.15, -0.1) is 24.8 Å². The smallest absolute Gasteiger partial charge is 0.405 e. The van der Waals surface area contributed by atoms with Gasteiger partial charge in [-0.05, 0) is 29.5 Å². The van der Waals surface area contributed by atoms with Crippen LogP contribution in [0.1, 0.15) is 23.4 Å². The largest absolute Gasteiger partial charge is 0.573 e. The fourth-order valence-corrected chi connectivity index (χ4v) is 2.31. The van der Waals surface area contributed by atoms with E-state index >= 15 is 0 Å². The summed E-state index contributed by atoms with van der Waals surface area (Å²) < 4.78 is 40.4. The van der Waals surface area contributed by atoms with Gasteiger partial charge in [-0.3, -0.25) is 0 Å². The molecular formula is C11H10ClF3O. The van der Waals surface area contributed by atoms with Crippen LogP contribution < -0.4 is 4.74 Å². The molecule has 88 valence electrons. The summed E-state index contributed by atoms with van der Waals surface area (Å²) in [5.41, 5.74) is 1.32. The van der Waals surface area contributed by atoms with Crippen molar-refractivity contribution in [2.75, 3.05) is 0 Å². The van der Waals surface area contributed by atoms with Gasteiger partial charge in [-0.2, -0.15) is 0 Å². The molecule has 0 N–H and O–H groups in total. The molecule has 0 saturated heterocycles. The van der Waals surface area contributed by atoms with E-state index in [0.717, 1.165) is 5.56 Å². The lowest BCUT2D eigenvalue weighted by Crippen LogP contribution is -2.18. The highest BCUT2D eigenvalue weighted by atomic mass is 35.5. The van der Waals surface area contributed by atoms with Gasteiger partial charge in [0.25, 0.3) is 0 Å². The Hall–Kier alpha value is -0.900. The second-order valence-electron chi connectivity index (χ2n) is 3.95. The monoisotopic (exact) mass is 250 g/mol. The van der Waals surface area contributed by atoms with E-state index in [-0.39, 0.29) is 17.0 Å². The number of hydrogen-bond acceptors (Lipinski definition) is 1. The van der Waals surface area contributed by atoms with Crippen molar-refractivity contribution >= 4 is 11.6 Å². The highest BCUT2D eigenvalue weighted by Gasteiger charge is 2.35. The molecule has 0 heterocycles. The van der Waals surface area contributed by atoms with Gasteiger partial charge in [0, 0.05) is 0 Å². The van der Waals surface area contributed by atoms with E-state index < -0.39 is 6.36 Å². The van der Waals surface area contributed by atoms with E-state index in [4.69, 9.17) is 11.6 Å². The SMILES string of the molecule is CC1Cc2c(OC(F)(F)F)cccc2C1Cl. The van der Waals surface area contributed by atoms with Gasteiger partial charge in [0.2, 0.25) is 0 Å². The molecule has 2 unspecified atom stereocenters. The van der Waals surface area contributed by atoms with Crippen LogP contribution in [0.25, 0.3) is 0 Å². The summed E-state index contributed by atoms with van der Waals surface area (Å²) in [5.74, 6) is 0.00894. The first kappa shape index (κ1) is 11.6. The molecule has 16 heavy (non-hydrogen) atoms. The zero-order chi connectivity index (χ0) is 11.9. The van der Waals surface area contributed by atoms with Crippen LogP contribution in [0.5, 0.6) is 5.75 Å². The first-order chi connectivity index (χ1) is 7.38. The summed E-state index contributed by atoms with van der Waals surface area (Å²) in [4.78, 5) is 0. The molecule has 1 aromatic rings. The van der Waals surface area contributed by atoms with Crippen LogP contribution in [-0.4, -0.2) is 6.36 Å². The van der Waals surface area contributed by atoms with Gasteiger partial charge in [0.1, 0.15) is 5.75 Å². The van der Waals surface area contributed by atoms with Crippen LogP contribution in [0.15, 0.2) is 18.2 Å². The normalized spacial score (nSPS) is 24.3. The van der Waals surface area contributed by atoms with Crippen molar-refractivity contribution in [3.05, 3.63) is 29.3 Å². The summed E-state index contributed by atoms with van der Waals surface area (Å²) in [7, 11) is 0. The molecule has 1 aromatic carbocycles. The van der Waals surface area contributed by atoms with E-state index in [0.29, 0.717) is 12.0 Å². The molecular weight excluding hydrogens is 241 g/mol. The van der Waals surface area contributed by atoms with Crippen LogP contribution in [0, 0.1) is 5.92 Å². The zero-order valence-electron chi connectivity index (χ0n) is 8.51. The summed E-state index contributed by atoms with van der Waals surface area (Å²) in [5, 5.41) is -0.230. The van der Waals surface area contributed by atoms with Crippen LogP contribution in [0.3, 0.4) is 0 Å². The van der Waals surface area contributed by atoms with Gasteiger partial charge in [-0.1, -0.05) is 19.1 Å². The number of fused-ring (bicyclic) bond motifs is 1. The zero-order valence-corrected chi connectivity index (χ0v) is 9.27. The molecule has 2 atom stereocenters. The van der Waals surface area contributed by atoms with Crippen molar-refractivity contribution in [2.45, 2.75) is 25.1 Å². The molecule has 2 rings (SSSR count). The highest BCUT2D eigenvalue weighted by Crippen LogP contribution is 2.44. The Morgan fingerprint density at radius 3 is 2.69 bits per heavy atom. The van der Waals surface area contributed by atoms with E-state index in [2.05, 4.69) is 4.74 Å². The lowest BCUT2D eigenvalue weighted by molar-refractivity contribution is -0.274. The number of rotatable bonds is 1. The number of halogens is 4. The summed E-state index contributed by atoms with van der Waals surface area (Å²) in [6.07, 6.45) is -4.13. The molecule has 0 aromatic heterocycles. The maximum Gasteiger partial charge on any atom is 0.573 e. The minimum atomic E-state index is -4.65. The van der Waals surface area contributed by atoms with Crippen molar-refractivity contribution < 1.29 is 17.9 Å². The Bertz CT molecular complexity index is 403. The topological polar surface area (TPSA) is 9.23 Å². The van der Waals surface area contributed by atoms with Crippen molar-refractivity contribution in [3.8, 4) is 5.75 Å². The van der Waals surface area contributed by atoms with Crippen molar-refractivity contribution in [2.24, 2.45) is 5.92 Å². The summed E-state index contributed by atoms with van der Waals surface area (Å²) in [6, 6.07) is 4.61. The van der Waals surface area contributed by atoms with Crippen LogP contribution >= 0.6 is 11.6 Å². The molecule has 0 amide bonds. The molecule has 0 radical (unpaired) electrons. The molecule has 1 aliphatic rings. The number of ether oxygens (including phenoxy) is 1. The Labute approximate surface area is 96.2 Å². The molecule has 0 spiro atoms. The lowest BCUT2D eigenvalue weighted by Gasteiger charge is -2.12. The number of alkyl halides is 4. The van der Waals surface area contributed by atoms with Gasteiger partial charge in [-0.25, -0.2) is 0 Å². The van der Waals surface area contributed by atoms with E-state index in [1.807, 2.05) is 6.92 Å². The van der Waals surface area contributed by atoms with E-state index in [9.17, 15) is 13.2 Å². The third kappa shape index (κ3) is 2.12. The van der Waals surface area contributed by atoms with Gasteiger partial charge in [0.05, 0.1) is 5.38 Å². The van der Waals surface area contributed by atoms with Crippen molar-refractivity contribution in [1.82, 2.24) is 0 Å². The standard InChI is InChI=1S/C11H10ClF3O/c1-6-5-8-7(10(6)12)3-2-4-9(8)16-11(13,14)15/h2-4,6,10H,5H2,1H3. The number of hydrogen-bond donors (Lipinski definition) is 0. The average molecular weight is 251 g/mol. The summed E-state index contributed by atoms with van der Waals surface area (Å²) >= 11 is 6.10.